The molecule has 1 aromatic heterocycles. The predicted molar refractivity (Wildman–Crippen MR) is 163 cm³/mol. The van der Waals surface area contributed by atoms with Crippen molar-refractivity contribution >= 4 is 51.0 Å². The highest BCUT2D eigenvalue weighted by atomic mass is 35.5. The van der Waals surface area contributed by atoms with Crippen LogP contribution in [0.2, 0.25) is 10.0 Å². The summed E-state index contributed by atoms with van der Waals surface area (Å²) >= 11 is 12.6. The average molecular weight is 598 g/mol. The van der Waals surface area contributed by atoms with Gasteiger partial charge in [0.05, 0.1) is 32.5 Å². The first-order valence-electron chi connectivity index (χ1n) is 12.5. The summed E-state index contributed by atoms with van der Waals surface area (Å²) in [5.74, 6) is -0.584. The number of hydrogen-bond acceptors (Lipinski definition) is 4. The molecule has 1 heterocycles. The van der Waals surface area contributed by atoms with Crippen LogP contribution in [0.1, 0.15) is 33.6 Å². The van der Waals surface area contributed by atoms with Crippen LogP contribution in [0, 0.1) is 34.6 Å². The van der Waals surface area contributed by atoms with E-state index in [0.717, 1.165) is 43.6 Å². The first-order chi connectivity index (χ1) is 18.9. The maximum Gasteiger partial charge on any atom is 0.264 e. The third-order valence-corrected chi connectivity index (χ3v) is 9.15. The van der Waals surface area contributed by atoms with Gasteiger partial charge in [-0.05, 0) is 82.1 Å². The lowest BCUT2D eigenvalue weighted by atomic mass is 10.1. The number of nitrogens with one attached hydrogen (secondary N) is 1. The van der Waals surface area contributed by atoms with Gasteiger partial charge >= 0.3 is 0 Å². The average Bonchev–Trinajstić information content (AvgIpc) is 3.18. The van der Waals surface area contributed by atoms with Gasteiger partial charge in [-0.1, -0.05) is 59.1 Å². The van der Waals surface area contributed by atoms with Crippen LogP contribution < -0.4 is 9.73 Å². The van der Waals surface area contributed by atoms with Gasteiger partial charge in [0.15, 0.2) is 0 Å². The molecule has 0 radical (unpaired) electrons. The predicted octanol–water partition coefficient (Wildman–Crippen LogP) is 6.67. The number of anilines is 1. The standard InChI is InChI=1S/C30H30Cl2N4O3S/c1-19-10-13-25(14-11-19)40(38,39)35(28-15-20(2)9-12-21(28)3)18-29(37)34-33-17-24-16-22(4)36(23(24)5)27-8-6-7-26(31)30(27)32/h6-17H,18H2,1-5H3,(H,34,37)/b33-17-. The smallest absolute Gasteiger partial charge is 0.264 e. The molecule has 0 saturated heterocycles. The molecule has 7 nitrogen and oxygen atoms in total. The van der Waals surface area contributed by atoms with Gasteiger partial charge < -0.3 is 4.57 Å². The fourth-order valence-electron chi connectivity index (χ4n) is 4.42. The van der Waals surface area contributed by atoms with Crippen molar-refractivity contribution in [1.82, 2.24) is 9.99 Å². The number of hydrogen-bond donors (Lipinski definition) is 1. The molecule has 208 valence electrons. The molecule has 4 rings (SSSR count). The van der Waals surface area contributed by atoms with E-state index in [0.29, 0.717) is 15.7 Å². The number of aromatic nitrogens is 1. The van der Waals surface area contributed by atoms with E-state index in [1.807, 2.05) is 69.5 Å². The van der Waals surface area contributed by atoms with Crippen LogP contribution in [0.3, 0.4) is 0 Å². The molecule has 0 bridgehead atoms. The van der Waals surface area contributed by atoms with Gasteiger partial charge in [-0.3, -0.25) is 9.10 Å². The summed E-state index contributed by atoms with van der Waals surface area (Å²) in [5, 5.41) is 5.01. The van der Waals surface area contributed by atoms with Crippen molar-refractivity contribution in [3.63, 3.8) is 0 Å². The molecule has 0 aliphatic carbocycles. The van der Waals surface area contributed by atoms with Gasteiger partial charge in [-0.2, -0.15) is 5.10 Å². The molecule has 1 N–H and O–H groups in total. The van der Waals surface area contributed by atoms with Crippen LogP contribution >= 0.6 is 23.2 Å². The monoisotopic (exact) mass is 596 g/mol. The number of aryl methyl sites for hydroxylation is 4. The largest absolute Gasteiger partial charge is 0.316 e. The van der Waals surface area contributed by atoms with Gasteiger partial charge in [-0.15, -0.1) is 0 Å². The minimum atomic E-state index is -4.04. The highest BCUT2D eigenvalue weighted by Gasteiger charge is 2.28. The molecule has 0 saturated carbocycles. The van der Waals surface area contributed by atoms with Crippen LogP contribution in [-0.4, -0.2) is 31.7 Å². The first kappa shape index (κ1) is 29.4. The number of amides is 1. The molecule has 40 heavy (non-hydrogen) atoms. The van der Waals surface area contributed by atoms with Crippen LogP contribution in [-0.2, 0) is 14.8 Å². The number of benzene rings is 3. The van der Waals surface area contributed by atoms with E-state index < -0.39 is 22.5 Å². The van der Waals surface area contributed by atoms with Crippen molar-refractivity contribution in [3.05, 3.63) is 110 Å². The van der Waals surface area contributed by atoms with E-state index in [4.69, 9.17) is 23.2 Å². The number of carbonyl (C=O) groups excluding carboxylic acids is 1. The molecule has 0 fully saturated rings. The Kier molecular flexibility index (Phi) is 8.73. The molecule has 3 aromatic carbocycles. The van der Waals surface area contributed by atoms with Gasteiger partial charge in [0.1, 0.15) is 6.54 Å². The first-order valence-corrected chi connectivity index (χ1v) is 14.7. The fourth-order valence-corrected chi connectivity index (χ4v) is 6.28. The Morgan fingerprint density at radius 2 is 1.62 bits per heavy atom. The van der Waals surface area contributed by atoms with Crippen LogP contribution in [0.4, 0.5) is 5.69 Å². The molecule has 0 atom stereocenters. The SMILES string of the molecule is Cc1ccc(S(=O)(=O)N(CC(=O)N/N=C\c2cc(C)n(-c3cccc(Cl)c3Cl)c2C)c2cc(C)ccc2C)cc1. The lowest BCUT2D eigenvalue weighted by Gasteiger charge is -2.25. The van der Waals surface area contributed by atoms with Crippen molar-refractivity contribution in [2.75, 3.05) is 10.8 Å². The van der Waals surface area contributed by atoms with Crippen molar-refractivity contribution in [2.45, 2.75) is 39.5 Å². The Morgan fingerprint density at radius 3 is 2.33 bits per heavy atom. The van der Waals surface area contributed by atoms with Crippen molar-refractivity contribution in [3.8, 4) is 5.69 Å². The molecule has 0 spiro atoms. The maximum atomic E-state index is 13.7. The summed E-state index contributed by atoms with van der Waals surface area (Å²) in [4.78, 5) is 13.1. The summed E-state index contributed by atoms with van der Waals surface area (Å²) in [5.41, 5.74) is 8.69. The lowest BCUT2D eigenvalue weighted by molar-refractivity contribution is -0.119. The van der Waals surface area contributed by atoms with Crippen LogP contribution in [0.15, 0.2) is 76.7 Å². The Bertz CT molecular complexity index is 1710. The summed E-state index contributed by atoms with van der Waals surface area (Å²) < 4.78 is 30.5. The van der Waals surface area contributed by atoms with Crippen molar-refractivity contribution in [1.29, 1.82) is 0 Å². The second kappa shape index (κ2) is 11.9. The number of halogens is 2. The highest BCUT2D eigenvalue weighted by molar-refractivity contribution is 7.92. The highest BCUT2D eigenvalue weighted by Crippen LogP contribution is 2.31. The molecular weight excluding hydrogens is 567 g/mol. The van der Waals surface area contributed by atoms with Crippen molar-refractivity contribution in [2.24, 2.45) is 5.10 Å². The summed E-state index contributed by atoms with van der Waals surface area (Å²) in [6.45, 7) is 8.95. The minimum absolute atomic E-state index is 0.0995. The molecule has 0 aliphatic rings. The van der Waals surface area contributed by atoms with E-state index in [1.165, 1.54) is 6.21 Å². The zero-order valence-electron chi connectivity index (χ0n) is 22.9. The van der Waals surface area contributed by atoms with Gasteiger partial charge in [0.2, 0.25) is 0 Å². The second-order valence-corrected chi connectivity index (χ2v) is 12.3. The summed E-state index contributed by atoms with van der Waals surface area (Å²) in [7, 11) is -4.04. The third kappa shape index (κ3) is 6.09. The number of rotatable bonds is 8. The quantitative estimate of drug-likeness (QED) is 0.182. The Labute approximate surface area is 245 Å². The lowest BCUT2D eigenvalue weighted by Crippen LogP contribution is -2.40. The van der Waals surface area contributed by atoms with E-state index in [-0.39, 0.29) is 4.90 Å². The van der Waals surface area contributed by atoms with E-state index in [2.05, 4.69) is 10.5 Å². The molecular formula is C30H30Cl2N4O3S. The van der Waals surface area contributed by atoms with Gasteiger partial charge in [-0.25, -0.2) is 13.8 Å². The van der Waals surface area contributed by atoms with Gasteiger partial charge in [0, 0.05) is 17.0 Å². The maximum absolute atomic E-state index is 13.7. The fraction of sp³-hybridized carbons (Fsp3) is 0.200. The van der Waals surface area contributed by atoms with E-state index >= 15 is 0 Å². The zero-order chi connectivity index (χ0) is 29.2. The van der Waals surface area contributed by atoms with Gasteiger partial charge in [0.25, 0.3) is 15.9 Å². The third-order valence-electron chi connectivity index (χ3n) is 6.56. The number of hydrazone groups is 1. The Morgan fingerprint density at radius 1 is 0.950 bits per heavy atom. The summed E-state index contributed by atoms with van der Waals surface area (Å²) in [6, 6.07) is 19.3. The van der Waals surface area contributed by atoms with Crippen LogP contribution in [0.25, 0.3) is 5.69 Å². The number of sulfonamides is 1. The van der Waals surface area contributed by atoms with E-state index in [9.17, 15) is 13.2 Å². The Balaban J connectivity index is 1.60. The van der Waals surface area contributed by atoms with E-state index in [1.54, 1.807) is 36.4 Å². The summed E-state index contributed by atoms with van der Waals surface area (Å²) in [6.07, 6.45) is 1.52. The molecule has 0 aliphatic heterocycles. The number of carbonyl (C=O) groups is 1. The molecule has 4 aromatic rings. The normalized spacial score (nSPS) is 11.7. The molecule has 0 unspecified atom stereocenters. The zero-order valence-corrected chi connectivity index (χ0v) is 25.2. The molecule has 10 heteroatoms. The van der Waals surface area contributed by atoms with Crippen LogP contribution in [0.5, 0.6) is 0 Å². The topological polar surface area (TPSA) is 83.8 Å². The second-order valence-electron chi connectivity index (χ2n) is 9.64. The molecule has 1 amide bonds. The number of nitrogens with zero attached hydrogens (tertiary/aromatic N) is 3. The van der Waals surface area contributed by atoms with Crippen molar-refractivity contribution < 1.29 is 13.2 Å². The Hall–Kier alpha value is -3.59. The minimum Gasteiger partial charge on any atom is -0.316 e.